The predicted octanol–water partition coefficient (Wildman–Crippen LogP) is 2.21. The fourth-order valence-electron chi connectivity index (χ4n) is 1.45. The topological polar surface area (TPSA) is 18.5 Å². The zero-order valence-corrected chi connectivity index (χ0v) is 9.39. The summed E-state index contributed by atoms with van der Waals surface area (Å²) in [6, 6.07) is 0. The highest BCUT2D eigenvalue weighted by Gasteiger charge is 2.43. The van der Waals surface area contributed by atoms with Crippen molar-refractivity contribution in [2.24, 2.45) is 5.41 Å². The number of methoxy groups -OCH3 is 2. The van der Waals surface area contributed by atoms with Gasteiger partial charge in [-0.1, -0.05) is 15.9 Å². The molecule has 1 fully saturated rings. The van der Waals surface area contributed by atoms with Crippen LogP contribution in [0, 0.1) is 5.41 Å². The van der Waals surface area contributed by atoms with Crippen LogP contribution in [0.15, 0.2) is 0 Å². The lowest BCUT2D eigenvalue weighted by molar-refractivity contribution is 0.0132. The molecular weight excluding hydrogens is 220 g/mol. The van der Waals surface area contributed by atoms with Crippen LogP contribution in [0.4, 0.5) is 0 Å². The van der Waals surface area contributed by atoms with Crippen molar-refractivity contribution in [3.8, 4) is 0 Å². The normalized spacial score (nSPS) is 22.2. The van der Waals surface area contributed by atoms with Crippen molar-refractivity contribution in [2.45, 2.75) is 25.4 Å². The van der Waals surface area contributed by atoms with Gasteiger partial charge in [0.05, 0.1) is 12.7 Å². The van der Waals surface area contributed by atoms with E-state index < -0.39 is 0 Å². The number of rotatable bonds is 6. The molecule has 0 aromatic rings. The fraction of sp³-hybridized carbons (Fsp3) is 1.00. The van der Waals surface area contributed by atoms with E-state index in [0.717, 1.165) is 11.8 Å². The predicted molar refractivity (Wildman–Crippen MR) is 52.8 cm³/mol. The smallest absolute Gasteiger partial charge is 0.0810 e. The standard InChI is InChI=1S/C9H17BrO2/c1-11-6-8(12-2)5-9(7-10)3-4-9/h8H,3-7H2,1-2H3. The Balaban J connectivity index is 2.26. The minimum Gasteiger partial charge on any atom is -0.382 e. The lowest BCUT2D eigenvalue weighted by Crippen LogP contribution is -2.22. The van der Waals surface area contributed by atoms with Gasteiger partial charge in [0, 0.05) is 19.5 Å². The zero-order valence-electron chi connectivity index (χ0n) is 7.81. The lowest BCUT2D eigenvalue weighted by atomic mass is 10.0. The van der Waals surface area contributed by atoms with E-state index in [4.69, 9.17) is 9.47 Å². The minimum absolute atomic E-state index is 0.273. The van der Waals surface area contributed by atoms with E-state index >= 15 is 0 Å². The van der Waals surface area contributed by atoms with Gasteiger partial charge in [0.1, 0.15) is 0 Å². The van der Waals surface area contributed by atoms with Gasteiger partial charge in [0.15, 0.2) is 0 Å². The third kappa shape index (κ3) is 2.71. The van der Waals surface area contributed by atoms with E-state index in [1.165, 1.54) is 12.8 Å². The summed E-state index contributed by atoms with van der Waals surface area (Å²) in [5.41, 5.74) is 0.527. The fourth-order valence-corrected chi connectivity index (χ4v) is 2.24. The molecule has 0 heterocycles. The zero-order chi connectivity index (χ0) is 9.03. The number of hydrogen-bond donors (Lipinski definition) is 0. The summed E-state index contributed by atoms with van der Waals surface area (Å²) in [4.78, 5) is 0. The first-order chi connectivity index (χ1) is 5.76. The minimum atomic E-state index is 0.273. The molecule has 0 amide bonds. The highest BCUT2D eigenvalue weighted by atomic mass is 79.9. The lowest BCUT2D eigenvalue weighted by Gasteiger charge is -2.19. The molecular formula is C9H17BrO2. The van der Waals surface area contributed by atoms with Crippen molar-refractivity contribution < 1.29 is 9.47 Å². The molecule has 3 heteroatoms. The second kappa shape index (κ2) is 4.58. The molecule has 72 valence electrons. The Kier molecular flexibility index (Phi) is 4.00. The first-order valence-corrected chi connectivity index (χ1v) is 5.46. The number of ether oxygens (including phenoxy) is 2. The Labute approximate surface area is 82.7 Å². The average Bonchev–Trinajstić information content (AvgIpc) is 2.85. The molecule has 2 nitrogen and oxygen atoms in total. The molecule has 1 atom stereocenters. The van der Waals surface area contributed by atoms with Gasteiger partial charge in [-0.3, -0.25) is 0 Å². The molecule has 0 aromatic carbocycles. The molecule has 0 bridgehead atoms. The van der Waals surface area contributed by atoms with Crippen LogP contribution in [-0.4, -0.2) is 32.3 Å². The SMILES string of the molecule is COCC(CC1(CBr)CC1)OC. The molecule has 12 heavy (non-hydrogen) atoms. The largest absolute Gasteiger partial charge is 0.382 e. The van der Waals surface area contributed by atoms with Gasteiger partial charge in [0.2, 0.25) is 0 Å². The molecule has 1 rings (SSSR count). The Bertz CT molecular complexity index is 134. The molecule has 0 aliphatic heterocycles. The Morgan fingerprint density at radius 2 is 2.08 bits per heavy atom. The first kappa shape index (κ1) is 10.5. The third-order valence-corrected chi connectivity index (χ3v) is 3.78. The summed E-state index contributed by atoms with van der Waals surface area (Å²) >= 11 is 3.55. The average molecular weight is 237 g/mol. The third-order valence-electron chi connectivity index (χ3n) is 2.59. The van der Waals surface area contributed by atoms with Crippen LogP contribution in [0.5, 0.6) is 0 Å². The van der Waals surface area contributed by atoms with E-state index in [9.17, 15) is 0 Å². The van der Waals surface area contributed by atoms with Gasteiger partial charge in [-0.2, -0.15) is 0 Å². The van der Waals surface area contributed by atoms with E-state index in [2.05, 4.69) is 15.9 Å². The van der Waals surface area contributed by atoms with Crippen molar-refractivity contribution in [3.63, 3.8) is 0 Å². The number of halogens is 1. The highest BCUT2D eigenvalue weighted by Crippen LogP contribution is 2.51. The summed E-state index contributed by atoms with van der Waals surface area (Å²) in [5.74, 6) is 0. The molecule has 0 N–H and O–H groups in total. The summed E-state index contributed by atoms with van der Waals surface area (Å²) in [6.45, 7) is 0.714. The Morgan fingerprint density at radius 1 is 1.42 bits per heavy atom. The maximum absolute atomic E-state index is 5.32. The second-order valence-corrected chi connectivity index (χ2v) is 4.21. The first-order valence-electron chi connectivity index (χ1n) is 4.34. The maximum atomic E-state index is 5.32. The molecule has 1 aliphatic rings. The second-order valence-electron chi connectivity index (χ2n) is 3.65. The summed E-state index contributed by atoms with van der Waals surface area (Å²) < 4.78 is 10.4. The van der Waals surface area contributed by atoms with E-state index in [0.29, 0.717) is 12.0 Å². The van der Waals surface area contributed by atoms with Crippen LogP contribution < -0.4 is 0 Å². The van der Waals surface area contributed by atoms with Crippen molar-refractivity contribution in [1.29, 1.82) is 0 Å². The van der Waals surface area contributed by atoms with Crippen molar-refractivity contribution in [1.82, 2.24) is 0 Å². The van der Waals surface area contributed by atoms with E-state index in [-0.39, 0.29) is 6.10 Å². The maximum Gasteiger partial charge on any atom is 0.0810 e. The molecule has 0 aromatic heterocycles. The van der Waals surface area contributed by atoms with Gasteiger partial charge in [-0.05, 0) is 24.7 Å². The van der Waals surface area contributed by atoms with Gasteiger partial charge >= 0.3 is 0 Å². The molecule has 0 radical (unpaired) electrons. The van der Waals surface area contributed by atoms with Crippen LogP contribution in [0.25, 0.3) is 0 Å². The molecule has 1 unspecified atom stereocenters. The van der Waals surface area contributed by atoms with Gasteiger partial charge in [-0.15, -0.1) is 0 Å². The Hall–Kier alpha value is 0.400. The van der Waals surface area contributed by atoms with Crippen molar-refractivity contribution >= 4 is 15.9 Å². The summed E-state index contributed by atoms with van der Waals surface area (Å²) in [7, 11) is 3.48. The molecule has 1 aliphatic carbocycles. The Morgan fingerprint density at radius 3 is 2.42 bits per heavy atom. The van der Waals surface area contributed by atoms with E-state index in [1.54, 1.807) is 14.2 Å². The van der Waals surface area contributed by atoms with E-state index in [1.807, 2.05) is 0 Å². The van der Waals surface area contributed by atoms with Crippen LogP contribution in [0.1, 0.15) is 19.3 Å². The van der Waals surface area contributed by atoms with Crippen LogP contribution >= 0.6 is 15.9 Å². The van der Waals surface area contributed by atoms with Crippen LogP contribution in [-0.2, 0) is 9.47 Å². The molecule has 0 spiro atoms. The van der Waals surface area contributed by atoms with Gasteiger partial charge < -0.3 is 9.47 Å². The number of alkyl halides is 1. The van der Waals surface area contributed by atoms with Gasteiger partial charge in [0.25, 0.3) is 0 Å². The van der Waals surface area contributed by atoms with Crippen LogP contribution in [0.2, 0.25) is 0 Å². The van der Waals surface area contributed by atoms with Crippen molar-refractivity contribution in [3.05, 3.63) is 0 Å². The van der Waals surface area contributed by atoms with Crippen LogP contribution in [0.3, 0.4) is 0 Å². The number of hydrogen-bond acceptors (Lipinski definition) is 2. The summed E-state index contributed by atoms with van der Waals surface area (Å²) in [5, 5.41) is 1.10. The quantitative estimate of drug-likeness (QED) is 0.659. The molecule has 0 saturated heterocycles. The molecule has 1 saturated carbocycles. The van der Waals surface area contributed by atoms with Gasteiger partial charge in [-0.25, -0.2) is 0 Å². The summed E-state index contributed by atoms with van der Waals surface area (Å²) in [6.07, 6.45) is 4.07. The monoisotopic (exact) mass is 236 g/mol. The highest BCUT2D eigenvalue weighted by molar-refractivity contribution is 9.09. The van der Waals surface area contributed by atoms with Crippen molar-refractivity contribution in [2.75, 3.05) is 26.2 Å².